The number of rotatable bonds is 3. The summed E-state index contributed by atoms with van der Waals surface area (Å²) < 4.78 is 5.32. The Bertz CT molecular complexity index is 445. The van der Waals surface area contributed by atoms with Gasteiger partial charge in [-0.05, 0) is 24.8 Å². The summed E-state index contributed by atoms with van der Waals surface area (Å²) in [5, 5.41) is 0. The molecule has 1 unspecified atom stereocenters. The number of hydrogen-bond acceptors (Lipinski definition) is 2. The number of methoxy groups -OCH3 is 1. The van der Waals surface area contributed by atoms with E-state index in [1.165, 1.54) is 12.8 Å². The van der Waals surface area contributed by atoms with Crippen molar-refractivity contribution < 1.29 is 4.74 Å². The Hall–Kier alpha value is -1.71. The third-order valence-electron chi connectivity index (χ3n) is 3.58. The number of likely N-dealkylation sites (tertiary alicyclic amines) is 1. The highest BCUT2D eigenvalue weighted by Gasteiger charge is 2.17. The summed E-state index contributed by atoms with van der Waals surface area (Å²) in [6.45, 7) is 4.87. The predicted molar refractivity (Wildman–Crippen MR) is 78.3 cm³/mol. The quantitative estimate of drug-likeness (QED) is 0.670. The van der Waals surface area contributed by atoms with Crippen molar-refractivity contribution >= 4 is 5.96 Å². The van der Waals surface area contributed by atoms with Crippen LogP contribution in [0.2, 0.25) is 0 Å². The first-order valence-corrected chi connectivity index (χ1v) is 6.87. The van der Waals surface area contributed by atoms with E-state index >= 15 is 0 Å². The molecule has 2 rings (SSSR count). The zero-order valence-electron chi connectivity index (χ0n) is 11.8. The number of guanidine groups is 1. The Morgan fingerprint density at radius 1 is 1.47 bits per heavy atom. The van der Waals surface area contributed by atoms with Gasteiger partial charge < -0.3 is 15.4 Å². The number of ether oxygens (including phenoxy) is 1. The summed E-state index contributed by atoms with van der Waals surface area (Å²) in [5.74, 6) is 2.22. The highest BCUT2D eigenvalue weighted by molar-refractivity contribution is 5.78. The van der Waals surface area contributed by atoms with Crippen LogP contribution in [0.1, 0.15) is 25.3 Å². The van der Waals surface area contributed by atoms with Gasteiger partial charge in [-0.15, -0.1) is 0 Å². The zero-order valence-corrected chi connectivity index (χ0v) is 11.8. The van der Waals surface area contributed by atoms with Crippen LogP contribution in [0.4, 0.5) is 0 Å². The van der Waals surface area contributed by atoms with E-state index in [0.29, 0.717) is 18.4 Å². The van der Waals surface area contributed by atoms with Crippen LogP contribution >= 0.6 is 0 Å². The second-order valence-electron chi connectivity index (χ2n) is 5.18. The Labute approximate surface area is 115 Å². The number of para-hydroxylation sites is 1. The molecular weight excluding hydrogens is 238 g/mol. The molecule has 1 atom stereocenters. The first kappa shape index (κ1) is 13.7. The van der Waals surface area contributed by atoms with Crippen molar-refractivity contribution in [3.8, 4) is 5.75 Å². The lowest BCUT2D eigenvalue weighted by atomic mass is 10.0. The average Bonchev–Trinajstić information content (AvgIpc) is 2.45. The first-order valence-electron chi connectivity index (χ1n) is 6.87. The summed E-state index contributed by atoms with van der Waals surface area (Å²) in [6.07, 6.45) is 2.49. The van der Waals surface area contributed by atoms with Gasteiger partial charge in [0.1, 0.15) is 5.75 Å². The van der Waals surface area contributed by atoms with Crippen molar-refractivity contribution in [2.75, 3.05) is 20.2 Å². The van der Waals surface area contributed by atoms with Crippen LogP contribution in [-0.4, -0.2) is 31.1 Å². The van der Waals surface area contributed by atoms with E-state index in [1.54, 1.807) is 7.11 Å². The van der Waals surface area contributed by atoms with E-state index in [-0.39, 0.29) is 0 Å². The molecule has 0 aliphatic carbocycles. The van der Waals surface area contributed by atoms with Crippen molar-refractivity contribution in [3.05, 3.63) is 29.8 Å². The Kier molecular flexibility index (Phi) is 4.66. The molecule has 0 bridgehead atoms. The summed E-state index contributed by atoms with van der Waals surface area (Å²) >= 11 is 0. The molecule has 1 fully saturated rings. The normalized spacial score (nSPS) is 20.4. The smallest absolute Gasteiger partial charge is 0.191 e. The number of piperidine rings is 1. The fraction of sp³-hybridized carbons (Fsp3) is 0.533. The first-order chi connectivity index (χ1) is 9.20. The van der Waals surface area contributed by atoms with Gasteiger partial charge in [-0.1, -0.05) is 25.1 Å². The fourth-order valence-corrected chi connectivity index (χ4v) is 2.50. The standard InChI is InChI=1S/C15H23N3O/c1-12-6-5-9-18(11-12)15(16)17-10-13-7-3-4-8-14(13)19-2/h3-4,7-8,12H,5-6,9-11H2,1-2H3,(H2,16,17). The summed E-state index contributed by atoms with van der Waals surface area (Å²) in [6, 6.07) is 7.92. The van der Waals surface area contributed by atoms with Crippen molar-refractivity contribution in [1.82, 2.24) is 4.90 Å². The molecule has 4 nitrogen and oxygen atoms in total. The van der Waals surface area contributed by atoms with E-state index < -0.39 is 0 Å². The maximum absolute atomic E-state index is 6.09. The molecule has 0 amide bonds. The molecule has 1 aliphatic heterocycles. The lowest BCUT2D eigenvalue weighted by Gasteiger charge is -2.31. The lowest BCUT2D eigenvalue weighted by Crippen LogP contribution is -2.43. The van der Waals surface area contributed by atoms with Crippen molar-refractivity contribution in [1.29, 1.82) is 0 Å². The van der Waals surface area contributed by atoms with Crippen LogP contribution in [0.15, 0.2) is 29.3 Å². The minimum absolute atomic E-state index is 0.570. The van der Waals surface area contributed by atoms with Gasteiger partial charge in [0, 0.05) is 18.7 Å². The monoisotopic (exact) mass is 261 g/mol. The topological polar surface area (TPSA) is 50.9 Å². The van der Waals surface area contributed by atoms with E-state index in [1.807, 2.05) is 24.3 Å². The van der Waals surface area contributed by atoms with Crippen LogP contribution in [0, 0.1) is 5.92 Å². The molecular formula is C15H23N3O. The van der Waals surface area contributed by atoms with Crippen molar-refractivity contribution in [2.45, 2.75) is 26.3 Å². The molecule has 1 saturated heterocycles. The molecule has 104 valence electrons. The number of benzene rings is 1. The van der Waals surface area contributed by atoms with E-state index in [4.69, 9.17) is 10.5 Å². The van der Waals surface area contributed by atoms with Gasteiger partial charge in [-0.3, -0.25) is 0 Å². The van der Waals surface area contributed by atoms with Gasteiger partial charge in [0.15, 0.2) is 5.96 Å². The third-order valence-corrected chi connectivity index (χ3v) is 3.58. The maximum Gasteiger partial charge on any atom is 0.191 e. The van der Waals surface area contributed by atoms with E-state index in [2.05, 4.69) is 16.8 Å². The Balaban J connectivity index is 2.01. The van der Waals surface area contributed by atoms with Gasteiger partial charge >= 0.3 is 0 Å². The Morgan fingerprint density at radius 2 is 2.26 bits per heavy atom. The second-order valence-corrected chi connectivity index (χ2v) is 5.18. The minimum atomic E-state index is 0.570. The third kappa shape index (κ3) is 3.63. The molecule has 1 aromatic rings. The van der Waals surface area contributed by atoms with Crippen LogP contribution in [0.25, 0.3) is 0 Å². The molecule has 1 heterocycles. The molecule has 1 aliphatic rings. The average molecular weight is 261 g/mol. The van der Waals surface area contributed by atoms with Gasteiger partial charge in [-0.25, -0.2) is 4.99 Å². The minimum Gasteiger partial charge on any atom is -0.496 e. The van der Waals surface area contributed by atoms with Gasteiger partial charge in [0.05, 0.1) is 13.7 Å². The summed E-state index contributed by atoms with van der Waals surface area (Å²) in [4.78, 5) is 6.69. The molecule has 4 heteroatoms. The molecule has 0 aromatic heterocycles. The second kappa shape index (κ2) is 6.45. The number of nitrogens with two attached hydrogens (primary N) is 1. The SMILES string of the molecule is COc1ccccc1CN=C(N)N1CCCC(C)C1. The number of hydrogen-bond donors (Lipinski definition) is 1. The maximum atomic E-state index is 6.09. The highest BCUT2D eigenvalue weighted by atomic mass is 16.5. The van der Waals surface area contributed by atoms with Crippen LogP contribution in [0.5, 0.6) is 5.75 Å². The number of nitrogens with zero attached hydrogens (tertiary/aromatic N) is 2. The van der Waals surface area contributed by atoms with Gasteiger partial charge in [0.25, 0.3) is 0 Å². The molecule has 1 aromatic carbocycles. The number of aliphatic imine (C=N–C) groups is 1. The van der Waals surface area contributed by atoms with Gasteiger partial charge in [0.2, 0.25) is 0 Å². The van der Waals surface area contributed by atoms with Crippen molar-refractivity contribution in [3.63, 3.8) is 0 Å². The molecule has 0 saturated carbocycles. The lowest BCUT2D eigenvalue weighted by molar-refractivity contribution is 0.270. The van der Waals surface area contributed by atoms with E-state index in [9.17, 15) is 0 Å². The molecule has 0 spiro atoms. The molecule has 0 radical (unpaired) electrons. The Morgan fingerprint density at radius 3 is 3.00 bits per heavy atom. The summed E-state index contributed by atoms with van der Waals surface area (Å²) in [5.41, 5.74) is 7.15. The predicted octanol–water partition coefficient (Wildman–Crippen LogP) is 2.24. The van der Waals surface area contributed by atoms with Gasteiger partial charge in [-0.2, -0.15) is 0 Å². The van der Waals surface area contributed by atoms with Crippen LogP contribution in [-0.2, 0) is 6.54 Å². The van der Waals surface area contributed by atoms with E-state index in [0.717, 1.165) is 24.4 Å². The largest absolute Gasteiger partial charge is 0.496 e. The molecule has 2 N–H and O–H groups in total. The van der Waals surface area contributed by atoms with Crippen LogP contribution in [0.3, 0.4) is 0 Å². The fourth-order valence-electron chi connectivity index (χ4n) is 2.50. The zero-order chi connectivity index (χ0) is 13.7. The van der Waals surface area contributed by atoms with Crippen molar-refractivity contribution in [2.24, 2.45) is 16.6 Å². The summed E-state index contributed by atoms with van der Waals surface area (Å²) in [7, 11) is 1.68. The molecule has 19 heavy (non-hydrogen) atoms. The van der Waals surface area contributed by atoms with Crippen LogP contribution < -0.4 is 10.5 Å². The highest BCUT2D eigenvalue weighted by Crippen LogP contribution is 2.19.